The van der Waals surface area contributed by atoms with Gasteiger partial charge in [0.15, 0.2) is 0 Å². The average molecular weight is 234 g/mol. The van der Waals surface area contributed by atoms with Gasteiger partial charge in [-0.2, -0.15) is 0 Å². The summed E-state index contributed by atoms with van der Waals surface area (Å²) in [4.78, 5) is 0. The van der Waals surface area contributed by atoms with Crippen molar-refractivity contribution in [3.63, 3.8) is 0 Å². The van der Waals surface area contributed by atoms with Gasteiger partial charge in [0.2, 0.25) is 5.79 Å². The van der Waals surface area contributed by atoms with Gasteiger partial charge < -0.3 is 18.3 Å². The van der Waals surface area contributed by atoms with Gasteiger partial charge in [0.1, 0.15) is 0 Å². The van der Waals surface area contributed by atoms with Gasteiger partial charge in [-0.25, -0.2) is 0 Å². The average Bonchev–Trinajstić information content (AvgIpc) is 2.26. The van der Waals surface area contributed by atoms with E-state index in [0.717, 1.165) is 6.42 Å². The molecule has 4 nitrogen and oxygen atoms in total. The van der Waals surface area contributed by atoms with E-state index in [1.807, 2.05) is 13.8 Å². The van der Waals surface area contributed by atoms with Gasteiger partial charge in [0.25, 0.3) is 0 Å². The highest BCUT2D eigenvalue weighted by Gasteiger charge is 2.35. The van der Waals surface area contributed by atoms with Crippen LogP contribution in [0.25, 0.3) is 0 Å². The monoisotopic (exact) mass is 234 g/mol. The lowest BCUT2D eigenvalue weighted by Crippen LogP contribution is -2.40. The molecule has 0 saturated carbocycles. The van der Waals surface area contributed by atoms with Crippen molar-refractivity contribution in [1.29, 1.82) is 0 Å². The van der Waals surface area contributed by atoms with E-state index in [0.29, 0.717) is 12.7 Å². The fraction of sp³-hybridized carbons (Fsp3) is 0.800. The molecule has 1 unspecified atom stereocenters. The second kappa shape index (κ2) is 7.87. The Morgan fingerprint density at radius 2 is 1.87 bits per heavy atom. The maximum absolute atomic E-state index is 5.63. The Kier molecular flexibility index (Phi) is 7.68. The van der Waals surface area contributed by atoms with Crippen LogP contribution >= 0.6 is 0 Å². The molecule has 0 saturated heterocycles. The molecule has 5 heteroatoms. The molecule has 0 heterocycles. The molecule has 0 N–H and O–H groups in total. The molecule has 0 amide bonds. The van der Waals surface area contributed by atoms with Crippen LogP contribution in [0.15, 0.2) is 12.8 Å². The third kappa shape index (κ3) is 4.79. The summed E-state index contributed by atoms with van der Waals surface area (Å²) in [5, 5.41) is 0. The summed E-state index contributed by atoms with van der Waals surface area (Å²) in [5.74, 6) is -0.639. The molecule has 0 aliphatic heterocycles. The quantitative estimate of drug-likeness (QED) is 0.346. The summed E-state index contributed by atoms with van der Waals surface area (Å²) < 4.78 is 21.6. The standard InChI is InChI=1S/C10H22O4Si/c1-6-10(13-7-2,14-8-3)9-15(11-4)12-5/h7,15H,2,6,8-9H2,1,3-5H3. The van der Waals surface area contributed by atoms with Crippen LogP contribution in [0.4, 0.5) is 0 Å². The van der Waals surface area contributed by atoms with Crippen LogP contribution in [0.2, 0.25) is 6.04 Å². The smallest absolute Gasteiger partial charge is 0.327 e. The summed E-state index contributed by atoms with van der Waals surface area (Å²) in [6.07, 6.45) is 2.15. The Morgan fingerprint density at radius 1 is 1.27 bits per heavy atom. The highest BCUT2D eigenvalue weighted by molar-refractivity contribution is 6.44. The Bertz CT molecular complexity index is 173. The SMILES string of the molecule is C=COC(CC)(C[SiH](OC)OC)OCC. The van der Waals surface area contributed by atoms with Crippen LogP contribution in [0.5, 0.6) is 0 Å². The first-order valence-corrected chi connectivity index (χ1v) is 6.92. The third-order valence-corrected chi connectivity index (χ3v) is 4.25. The second-order valence-electron chi connectivity index (χ2n) is 3.09. The van der Waals surface area contributed by atoms with Crippen LogP contribution in [0, 0.1) is 0 Å². The zero-order chi connectivity index (χ0) is 11.7. The Labute approximate surface area is 94.0 Å². The largest absolute Gasteiger partial charge is 0.471 e. The molecule has 0 aliphatic rings. The van der Waals surface area contributed by atoms with Crippen LogP contribution in [0.1, 0.15) is 20.3 Å². The Balaban J connectivity index is 4.49. The van der Waals surface area contributed by atoms with Crippen molar-refractivity contribution < 1.29 is 18.3 Å². The number of ether oxygens (including phenoxy) is 2. The molecule has 0 aromatic rings. The van der Waals surface area contributed by atoms with E-state index in [9.17, 15) is 0 Å². The molecule has 0 rings (SSSR count). The maximum atomic E-state index is 5.63. The third-order valence-electron chi connectivity index (χ3n) is 2.25. The summed E-state index contributed by atoms with van der Waals surface area (Å²) in [5.41, 5.74) is 0. The molecule has 1 atom stereocenters. The lowest BCUT2D eigenvalue weighted by molar-refractivity contribution is -0.195. The normalized spacial score (nSPS) is 15.0. The van der Waals surface area contributed by atoms with E-state index in [1.54, 1.807) is 14.2 Å². The number of hydrogen-bond donors (Lipinski definition) is 0. The van der Waals surface area contributed by atoms with E-state index < -0.39 is 15.1 Å². The molecular formula is C10H22O4Si. The first-order chi connectivity index (χ1) is 7.17. The minimum absolute atomic E-state index is 0.593. The van der Waals surface area contributed by atoms with E-state index in [4.69, 9.17) is 18.3 Å². The van der Waals surface area contributed by atoms with E-state index in [-0.39, 0.29) is 0 Å². The first-order valence-electron chi connectivity index (χ1n) is 5.16. The van der Waals surface area contributed by atoms with Gasteiger partial charge in [-0.1, -0.05) is 13.5 Å². The van der Waals surface area contributed by atoms with Gasteiger partial charge in [0.05, 0.1) is 12.3 Å². The molecule has 0 fully saturated rings. The van der Waals surface area contributed by atoms with Crippen molar-refractivity contribution in [3.05, 3.63) is 12.8 Å². The first kappa shape index (κ1) is 14.6. The molecule has 0 radical (unpaired) electrons. The van der Waals surface area contributed by atoms with Crippen LogP contribution in [-0.4, -0.2) is 35.9 Å². The van der Waals surface area contributed by atoms with Crippen molar-refractivity contribution in [3.8, 4) is 0 Å². The molecule has 0 bridgehead atoms. The summed E-state index contributed by atoms with van der Waals surface area (Å²) in [6.45, 7) is 8.11. The van der Waals surface area contributed by atoms with Crippen LogP contribution < -0.4 is 0 Å². The highest BCUT2D eigenvalue weighted by atomic mass is 28.3. The van der Waals surface area contributed by atoms with E-state index in [1.165, 1.54) is 6.26 Å². The van der Waals surface area contributed by atoms with Gasteiger partial charge in [-0.05, 0) is 6.92 Å². The Morgan fingerprint density at radius 3 is 2.20 bits per heavy atom. The summed E-state index contributed by atoms with van der Waals surface area (Å²) >= 11 is 0. The van der Waals surface area contributed by atoms with Crippen molar-refractivity contribution in [2.45, 2.75) is 32.1 Å². The molecule has 0 aliphatic carbocycles. The van der Waals surface area contributed by atoms with E-state index >= 15 is 0 Å². The Hall–Kier alpha value is -0.363. The van der Waals surface area contributed by atoms with Crippen LogP contribution in [0.3, 0.4) is 0 Å². The summed E-state index contributed by atoms with van der Waals surface area (Å²) in [7, 11) is 1.61. The lowest BCUT2D eigenvalue weighted by Gasteiger charge is -2.33. The molecule has 0 spiro atoms. The zero-order valence-electron chi connectivity index (χ0n) is 10.1. The number of rotatable bonds is 9. The van der Waals surface area contributed by atoms with E-state index in [2.05, 4.69) is 6.58 Å². The molecule has 0 aromatic carbocycles. The molecular weight excluding hydrogens is 212 g/mol. The van der Waals surface area contributed by atoms with Gasteiger partial charge in [0, 0.05) is 27.2 Å². The van der Waals surface area contributed by atoms with Crippen LogP contribution in [-0.2, 0) is 18.3 Å². The molecule has 0 aromatic heterocycles. The summed E-state index contributed by atoms with van der Waals surface area (Å²) in [6, 6.07) is 0.649. The van der Waals surface area contributed by atoms with Gasteiger partial charge in [-0.3, -0.25) is 0 Å². The maximum Gasteiger partial charge on any atom is 0.327 e. The zero-order valence-corrected chi connectivity index (χ0v) is 11.3. The number of hydrogen-bond acceptors (Lipinski definition) is 4. The predicted octanol–water partition coefficient (Wildman–Crippen LogP) is 1.80. The second-order valence-corrected chi connectivity index (χ2v) is 5.30. The molecule has 90 valence electrons. The fourth-order valence-electron chi connectivity index (χ4n) is 1.40. The lowest BCUT2D eigenvalue weighted by atomic mass is 10.2. The predicted molar refractivity (Wildman–Crippen MR) is 61.9 cm³/mol. The van der Waals surface area contributed by atoms with Crippen molar-refractivity contribution in [2.75, 3.05) is 20.8 Å². The van der Waals surface area contributed by atoms with Crippen molar-refractivity contribution in [1.82, 2.24) is 0 Å². The van der Waals surface area contributed by atoms with Crippen molar-refractivity contribution in [2.24, 2.45) is 0 Å². The molecule has 15 heavy (non-hydrogen) atoms. The minimum atomic E-state index is -1.70. The van der Waals surface area contributed by atoms with Gasteiger partial charge in [-0.15, -0.1) is 0 Å². The van der Waals surface area contributed by atoms with Crippen molar-refractivity contribution >= 4 is 9.28 Å². The topological polar surface area (TPSA) is 36.9 Å². The highest BCUT2D eigenvalue weighted by Crippen LogP contribution is 2.25. The fourth-order valence-corrected chi connectivity index (χ4v) is 2.94. The minimum Gasteiger partial charge on any atom is -0.471 e. The van der Waals surface area contributed by atoms with Gasteiger partial charge >= 0.3 is 9.28 Å².